The van der Waals surface area contributed by atoms with Gasteiger partial charge >= 0.3 is 5.97 Å². The lowest BCUT2D eigenvalue weighted by Gasteiger charge is -2.39. The Morgan fingerprint density at radius 3 is 2.28 bits per heavy atom. The number of rotatable bonds is 8. The van der Waals surface area contributed by atoms with Crippen LogP contribution in [0.25, 0.3) is 0 Å². The molecule has 3 amide bonds. The molecule has 2 N–H and O–H groups in total. The number of fused-ring (bicyclic) bond motifs is 2. The van der Waals surface area contributed by atoms with Crippen LogP contribution >= 0.6 is 15.9 Å². The van der Waals surface area contributed by atoms with Crippen LogP contribution in [0.1, 0.15) is 49.9 Å². The highest BCUT2D eigenvalue weighted by molar-refractivity contribution is 9.11. The zero-order valence-electron chi connectivity index (χ0n) is 30.3. The third-order valence-electron chi connectivity index (χ3n) is 11.0. The fraction of sp³-hybridized carbons (Fsp3) is 0.381. The van der Waals surface area contributed by atoms with E-state index in [1.807, 2.05) is 97.1 Å². The highest BCUT2D eigenvalue weighted by Crippen LogP contribution is 2.60. The zero-order valence-corrected chi connectivity index (χ0v) is 31.9. The zero-order chi connectivity index (χ0) is 38.0. The molecule has 282 valence electrons. The minimum absolute atomic E-state index is 0.109. The van der Waals surface area contributed by atoms with Gasteiger partial charge in [-0.1, -0.05) is 88.7 Å². The number of ether oxygens (including phenoxy) is 2. The monoisotopic (exact) mass is 796 g/mol. The molecule has 4 aliphatic heterocycles. The lowest BCUT2D eigenvalue weighted by atomic mass is 9.74. The number of likely N-dealkylation sites (tertiary alicyclic amines) is 1. The van der Waals surface area contributed by atoms with Crippen LogP contribution < -0.4 is 15.1 Å². The minimum atomic E-state index is -1.53. The molecule has 5 bridgehead atoms. The Balaban J connectivity index is 1.36. The number of hydrogen-bond donors (Lipinski definition) is 2. The molecule has 54 heavy (non-hydrogen) atoms. The normalized spacial score (nSPS) is 28.3. The summed E-state index contributed by atoms with van der Waals surface area (Å²) in [4.78, 5) is 63.2. The molecule has 2 fully saturated rings. The number of anilines is 2. The highest BCUT2D eigenvalue weighted by Gasteiger charge is 2.75. The summed E-state index contributed by atoms with van der Waals surface area (Å²) in [5, 5.41) is 14.0. The van der Waals surface area contributed by atoms with Gasteiger partial charge in [0.2, 0.25) is 11.8 Å². The molecule has 4 aliphatic rings. The number of esters is 1. The Morgan fingerprint density at radius 2 is 1.61 bits per heavy atom. The molecule has 1 spiro atoms. The van der Waals surface area contributed by atoms with E-state index in [0.29, 0.717) is 22.2 Å². The third kappa shape index (κ3) is 6.75. The van der Waals surface area contributed by atoms with Crippen LogP contribution in [0.2, 0.25) is 0 Å². The van der Waals surface area contributed by atoms with E-state index >= 15 is 9.59 Å². The van der Waals surface area contributed by atoms with Gasteiger partial charge in [-0.25, -0.2) is 0 Å². The number of amides is 3. The van der Waals surface area contributed by atoms with Gasteiger partial charge in [0.15, 0.2) is 0 Å². The van der Waals surface area contributed by atoms with Gasteiger partial charge in [0.1, 0.15) is 24.4 Å². The molecule has 0 unspecified atom stereocenters. The van der Waals surface area contributed by atoms with Crippen LogP contribution in [-0.4, -0.2) is 84.3 Å². The van der Waals surface area contributed by atoms with Crippen molar-refractivity contribution in [3.8, 4) is 0 Å². The number of nitrogens with zero attached hydrogens (tertiary/aromatic N) is 3. The van der Waals surface area contributed by atoms with E-state index in [0.717, 1.165) is 24.3 Å². The number of halogens is 1. The molecule has 7 rings (SSSR count). The molecule has 7 atom stereocenters. The molecule has 3 aromatic rings. The second-order valence-corrected chi connectivity index (χ2v) is 14.9. The van der Waals surface area contributed by atoms with Crippen LogP contribution in [0.15, 0.2) is 108 Å². The summed E-state index contributed by atoms with van der Waals surface area (Å²) in [5.41, 5.74) is 1.44. The van der Waals surface area contributed by atoms with Gasteiger partial charge in [-0.2, -0.15) is 0 Å². The van der Waals surface area contributed by atoms with Crippen molar-refractivity contribution in [3.05, 3.63) is 119 Å². The summed E-state index contributed by atoms with van der Waals surface area (Å²) in [5.74, 6) is -3.92. The summed E-state index contributed by atoms with van der Waals surface area (Å²) in [7, 11) is 0. The number of nitrogens with one attached hydrogen (secondary N) is 1. The summed E-state index contributed by atoms with van der Waals surface area (Å²) in [6.07, 6.45) is 5.07. The summed E-state index contributed by atoms with van der Waals surface area (Å²) < 4.78 is 13.0. The van der Waals surface area contributed by atoms with E-state index in [4.69, 9.17) is 9.47 Å². The predicted molar refractivity (Wildman–Crippen MR) is 208 cm³/mol. The average molecular weight is 798 g/mol. The quantitative estimate of drug-likeness (QED) is 0.235. The maximum Gasteiger partial charge on any atom is 0.306 e. The smallest absolute Gasteiger partial charge is 0.306 e. The van der Waals surface area contributed by atoms with Crippen molar-refractivity contribution in [2.24, 2.45) is 11.8 Å². The number of aliphatic hydroxyl groups excluding tert-OH is 1. The van der Waals surface area contributed by atoms with Gasteiger partial charge in [0, 0.05) is 41.9 Å². The number of aliphatic hydroxyl groups is 1. The van der Waals surface area contributed by atoms with Gasteiger partial charge in [-0.05, 0) is 61.7 Å². The molecule has 11 nitrogen and oxygen atoms in total. The lowest BCUT2D eigenvalue weighted by molar-refractivity contribution is -0.146. The average Bonchev–Trinajstić information content (AvgIpc) is 3.79. The first kappa shape index (κ1) is 37.5. The molecule has 0 aromatic heterocycles. The van der Waals surface area contributed by atoms with Gasteiger partial charge in [-0.3, -0.25) is 19.2 Å². The Bertz CT molecular complexity index is 1920. The van der Waals surface area contributed by atoms with E-state index in [9.17, 15) is 14.7 Å². The second kappa shape index (κ2) is 15.9. The largest absolute Gasteiger partial charge is 0.463 e. The second-order valence-electron chi connectivity index (χ2n) is 14.0. The van der Waals surface area contributed by atoms with Crippen LogP contribution in [0.4, 0.5) is 11.4 Å². The molecule has 4 heterocycles. The van der Waals surface area contributed by atoms with E-state index in [1.54, 1.807) is 11.0 Å². The van der Waals surface area contributed by atoms with Crippen molar-refractivity contribution >= 4 is 51.0 Å². The number of benzene rings is 3. The van der Waals surface area contributed by atoms with Gasteiger partial charge in [0.05, 0.1) is 30.5 Å². The number of carbonyl (C=O) groups excluding carboxylic acids is 4. The van der Waals surface area contributed by atoms with Crippen molar-refractivity contribution in [1.82, 2.24) is 10.2 Å². The number of allylic oxidation sites excluding steroid dienone is 1. The molecular weight excluding hydrogens is 752 g/mol. The fourth-order valence-electron chi connectivity index (χ4n) is 8.42. The fourth-order valence-corrected chi connectivity index (χ4v) is 9.16. The first-order valence-electron chi connectivity index (χ1n) is 18.6. The van der Waals surface area contributed by atoms with E-state index in [1.165, 1.54) is 4.90 Å². The van der Waals surface area contributed by atoms with Crippen molar-refractivity contribution in [3.63, 3.8) is 0 Å². The van der Waals surface area contributed by atoms with Crippen LogP contribution in [0, 0.1) is 11.8 Å². The van der Waals surface area contributed by atoms with Gasteiger partial charge in [-0.15, -0.1) is 0 Å². The van der Waals surface area contributed by atoms with Crippen LogP contribution in [-0.2, 0) is 28.7 Å². The minimum Gasteiger partial charge on any atom is -0.463 e. The molecule has 0 aliphatic carbocycles. The number of carbonyl (C=O) groups is 4. The molecular formula is C42H45BrN4O7. The third-order valence-corrected chi connectivity index (χ3v) is 11.7. The van der Waals surface area contributed by atoms with Gasteiger partial charge in [0.25, 0.3) is 5.91 Å². The molecule has 0 radical (unpaired) electrons. The maximum absolute atomic E-state index is 15.4. The van der Waals surface area contributed by atoms with Gasteiger partial charge < -0.3 is 34.6 Å². The maximum atomic E-state index is 15.4. The van der Waals surface area contributed by atoms with E-state index in [2.05, 4.69) is 40.0 Å². The molecule has 12 heteroatoms. The lowest BCUT2D eigenvalue weighted by Crippen LogP contribution is -2.57. The van der Waals surface area contributed by atoms with E-state index in [-0.39, 0.29) is 19.6 Å². The summed E-state index contributed by atoms with van der Waals surface area (Å²) in [6.45, 7) is 5.34. The summed E-state index contributed by atoms with van der Waals surface area (Å²) in [6, 6.07) is 23.1. The topological polar surface area (TPSA) is 129 Å². The molecule has 3 aromatic carbocycles. The standard InChI is InChI=1S/C42H45BrN4O7/c1-3-45(4-2)29-19-21-30(22-20-29)46-23-13-7-12-18-34(49)53-26-32(27-14-8-5-9-15-27)44-39(50)35-36-40(51)47(33(25-48)28-16-10-6-11-17-28)38(41(46)52)42(36)24-31(43)37(35)54-42/h5-11,13-17,19-22,24,32-33,35-38,48H,3-4,12,18,23,25-26H2,1-2H3,(H,44,50)/b13-7-/t32-,33-,35-,36+,37-,38-,42+/m1/s1. The Morgan fingerprint density at radius 1 is 0.926 bits per heavy atom. The van der Waals surface area contributed by atoms with Crippen molar-refractivity contribution < 1.29 is 33.8 Å². The molecule has 2 saturated heterocycles. The Hall–Kier alpha value is -4.78. The highest BCUT2D eigenvalue weighted by atomic mass is 79.9. The van der Waals surface area contributed by atoms with Crippen LogP contribution in [0.3, 0.4) is 0 Å². The Kier molecular flexibility index (Phi) is 11.1. The van der Waals surface area contributed by atoms with Crippen molar-refractivity contribution in [2.75, 3.05) is 42.6 Å². The van der Waals surface area contributed by atoms with Crippen LogP contribution in [0.5, 0.6) is 0 Å². The first-order valence-corrected chi connectivity index (χ1v) is 19.4. The molecule has 0 saturated carbocycles. The number of cyclic esters (lactones) is 1. The predicted octanol–water partition coefficient (Wildman–Crippen LogP) is 5.22. The van der Waals surface area contributed by atoms with Crippen molar-refractivity contribution in [1.29, 1.82) is 0 Å². The van der Waals surface area contributed by atoms with E-state index < -0.39 is 72.0 Å². The van der Waals surface area contributed by atoms with Crippen molar-refractivity contribution in [2.45, 2.75) is 56.5 Å². The first-order chi connectivity index (χ1) is 26.2. The number of hydrogen-bond acceptors (Lipinski definition) is 8. The summed E-state index contributed by atoms with van der Waals surface area (Å²) >= 11 is 3.65. The SMILES string of the molecule is CCN(CC)c1ccc(N2C/C=C\CCC(=O)OC[C@H](c3ccccc3)NC(=O)[C@H]3[C@@H]4O[C@@]5(C=C4Br)[C@@H]3C(=O)N([C@H](CO)c3ccccc3)[C@@H]5C2=O)cc1. The Labute approximate surface area is 323 Å².